The van der Waals surface area contributed by atoms with E-state index in [0.29, 0.717) is 31.3 Å². The minimum Gasteiger partial charge on any atom is -0.462 e. The monoisotopic (exact) mass is 384 g/mol. The molecule has 0 radical (unpaired) electrons. The van der Waals surface area contributed by atoms with Crippen LogP contribution < -0.4 is 0 Å². The molecule has 160 valence electrons. The van der Waals surface area contributed by atoms with Crippen molar-refractivity contribution in [3.05, 3.63) is 12.2 Å². The van der Waals surface area contributed by atoms with Crippen molar-refractivity contribution in [3.63, 3.8) is 0 Å². The number of hydrogen-bond donors (Lipinski definition) is 0. The van der Waals surface area contributed by atoms with Crippen LogP contribution in [0.25, 0.3) is 0 Å². The number of ether oxygens (including phenoxy) is 3. The Labute approximate surface area is 168 Å². The van der Waals surface area contributed by atoms with Crippen LogP contribution in [-0.4, -0.2) is 32.1 Å². The first-order valence-corrected chi connectivity index (χ1v) is 11.1. The lowest BCUT2D eigenvalue weighted by atomic mass is 9.92. The fourth-order valence-electron chi connectivity index (χ4n) is 3.26. The van der Waals surface area contributed by atoms with Crippen molar-refractivity contribution in [2.45, 2.75) is 105 Å². The number of esters is 1. The average Bonchev–Trinajstić information content (AvgIpc) is 2.64. The van der Waals surface area contributed by atoms with E-state index >= 15 is 0 Å². The lowest BCUT2D eigenvalue weighted by Gasteiger charge is -2.23. The number of carbonyl (C=O) groups excluding carboxylic acids is 1. The molecule has 4 nitrogen and oxygen atoms in total. The SMILES string of the molecule is C=C(C)C(=O)OCCCC(CCCCCCCCC)CC(OCC)OCC. The summed E-state index contributed by atoms with van der Waals surface area (Å²) >= 11 is 0. The van der Waals surface area contributed by atoms with E-state index in [1.54, 1.807) is 6.92 Å². The normalized spacial score (nSPS) is 12.3. The van der Waals surface area contributed by atoms with Crippen LogP contribution in [-0.2, 0) is 19.0 Å². The van der Waals surface area contributed by atoms with Crippen LogP contribution in [0.3, 0.4) is 0 Å². The second-order valence-electron chi connectivity index (χ2n) is 7.41. The fraction of sp³-hybridized carbons (Fsp3) is 0.870. The summed E-state index contributed by atoms with van der Waals surface area (Å²) in [4.78, 5) is 11.5. The maximum Gasteiger partial charge on any atom is 0.333 e. The van der Waals surface area contributed by atoms with E-state index in [0.717, 1.165) is 19.3 Å². The Kier molecular flexibility index (Phi) is 17.9. The molecule has 0 aromatic carbocycles. The zero-order valence-electron chi connectivity index (χ0n) is 18.4. The zero-order valence-corrected chi connectivity index (χ0v) is 18.4. The van der Waals surface area contributed by atoms with Gasteiger partial charge >= 0.3 is 5.97 Å². The molecule has 0 aliphatic carbocycles. The zero-order chi connectivity index (χ0) is 20.3. The molecular formula is C23H44O4. The van der Waals surface area contributed by atoms with Crippen molar-refractivity contribution in [2.75, 3.05) is 19.8 Å². The van der Waals surface area contributed by atoms with Gasteiger partial charge in [0.1, 0.15) is 0 Å². The van der Waals surface area contributed by atoms with Gasteiger partial charge in [0.25, 0.3) is 0 Å². The van der Waals surface area contributed by atoms with E-state index in [4.69, 9.17) is 14.2 Å². The van der Waals surface area contributed by atoms with Crippen LogP contribution in [0.15, 0.2) is 12.2 Å². The molecule has 0 saturated carbocycles. The topological polar surface area (TPSA) is 44.8 Å². The summed E-state index contributed by atoms with van der Waals surface area (Å²) in [5.74, 6) is 0.257. The molecule has 0 heterocycles. The van der Waals surface area contributed by atoms with Gasteiger partial charge in [-0.15, -0.1) is 0 Å². The number of unbranched alkanes of at least 4 members (excludes halogenated alkanes) is 6. The molecule has 0 fully saturated rings. The molecule has 0 amide bonds. The highest BCUT2D eigenvalue weighted by Gasteiger charge is 2.17. The summed E-state index contributed by atoms with van der Waals surface area (Å²) < 4.78 is 16.7. The quantitative estimate of drug-likeness (QED) is 0.111. The molecular weight excluding hydrogens is 340 g/mol. The second-order valence-corrected chi connectivity index (χ2v) is 7.41. The Morgan fingerprint density at radius 1 is 0.852 bits per heavy atom. The van der Waals surface area contributed by atoms with Gasteiger partial charge in [-0.2, -0.15) is 0 Å². The fourth-order valence-corrected chi connectivity index (χ4v) is 3.26. The maximum atomic E-state index is 11.5. The molecule has 0 bridgehead atoms. The predicted molar refractivity (Wildman–Crippen MR) is 113 cm³/mol. The minimum absolute atomic E-state index is 0.118. The number of carbonyl (C=O) groups is 1. The molecule has 0 aromatic rings. The van der Waals surface area contributed by atoms with Crippen molar-refractivity contribution in [2.24, 2.45) is 5.92 Å². The lowest BCUT2D eigenvalue weighted by Crippen LogP contribution is -2.22. The second kappa shape index (κ2) is 18.5. The van der Waals surface area contributed by atoms with Crippen molar-refractivity contribution in [1.82, 2.24) is 0 Å². The van der Waals surface area contributed by atoms with Gasteiger partial charge in [-0.3, -0.25) is 0 Å². The summed E-state index contributed by atoms with van der Waals surface area (Å²) in [5, 5.41) is 0. The largest absolute Gasteiger partial charge is 0.462 e. The summed E-state index contributed by atoms with van der Waals surface area (Å²) in [5.41, 5.74) is 0.461. The van der Waals surface area contributed by atoms with Gasteiger partial charge in [-0.05, 0) is 39.5 Å². The van der Waals surface area contributed by atoms with E-state index in [9.17, 15) is 4.79 Å². The first-order chi connectivity index (χ1) is 13.0. The summed E-state index contributed by atoms with van der Waals surface area (Å²) in [7, 11) is 0. The molecule has 0 saturated heterocycles. The van der Waals surface area contributed by atoms with E-state index < -0.39 is 0 Å². The molecule has 0 rings (SSSR count). The predicted octanol–water partition coefficient (Wildman–Crippen LogP) is 6.43. The van der Waals surface area contributed by atoms with Crippen molar-refractivity contribution in [3.8, 4) is 0 Å². The van der Waals surface area contributed by atoms with Gasteiger partial charge in [0.2, 0.25) is 0 Å². The molecule has 4 heteroatoms. The minimum atomic E-state index is -0.292. The Morgan fingerprint density at radius 3 is 1.96 bits per heavy atom. The van der Waals surface area contributed by atoms with Gasteiger partial charge < -0.3 is 14.2 Å². The van der Waals surface area contributed by atoms with Gasteiger partial charge in [0, 0.05) is 25.2 Å². The first kappa shape index (κ1) is 26.1. The van der Waals surface area contributed by atoms with Crippen molar-refractivity contribution in [1.29, 1.82) is 0 Å². The molecule has 27 heavy (non-hydrogen) atoms. The van der Waals surface area contributed by atoms with E-state index in [-0.39, 0.29) is 12.3 Å². The molecule has 0 aliphatic heterocycles. The molecule has 0 aliphatic rings. The summed E-state index contributed by atoms with van der Waals surface area (Å²) in [6.07, 6.45) is 13.2. The Balaban J connectivity index is 4.26. The van der Waals surface area contributed by atoms with E-state index in [1.807, 2.05) is 13.8 Å². The van der Waals surface area contributed by atoms with Gasteiger partial charge in [-0.1, -0.05) is 64.9 Å². The molecule has 0 aromatic heterocycles. The van der Waals surface area contributed by atoms with Gasteiger partial charge in [-0.25, -0.2) is 4.79 Å². The van der Waals surface area contributed by atoms with Crippen LogP contribution in [0.5, 0.6) is 0 Å². The number of rotatable bonds is 19. The highest BCUT2D eigenvalue weighted by molar-refractivity contribution is 5.86. The molecule has 0 N–H and O–H groups in total. The standard InChI is InChI=1S/C23H44O4/c1-6-9-10-11-12-13-14-16-21(19-22(25-7-2)26-8-3)17-15-18-27-23(24)20(4)5/h21-22H,4,6-19H2,1-3,5H3. The summed E-state index contributed by atoms with van der Waals surface area (Å²) in [6.45, 7) is 13.4. The third kappa shape index (κ3) is 15.8. The summed E-state index contributed by atoms with van der Waals surface area (Å²) in [6, 6.07) is 0. The van der Waals surface area contributed by atoms with Crippen LogP contribution in [0, 0.1) is 5.92 Å². The number of hydrogen-bond acceptors (Lipinski definition) is 4. The Bertz CT molecular complexity index is 361. The van der Waals surface area contributed by atoms with Crippen molar-refractivity contribution < 1.29 is 19.0 Å². The van der Waals surface area contributed by atoms with Crippen LogP contribution >= 0.6 is 0 Å². The molecule has 0 spiro atoms. The first-order valence-electron chi connectivity index (χ1n) is 11.1. The van der Waals surface area contributed by atoms with Crippen LogP contribution in [0.4, 0.5) is 0 Å². The lowest BCUT2D eigenvalue weighted by molar-refractivity contribution is -0.147. The van der Waals surface area contributed by atoms with E-state index in [2.05, 4.69) is 13.5 Å². The smallest absolute Gasteiger partial charge is 0.333 e. The highest BCUT2D eigenvalue weighted by atomic mass is 16.7. The maximum absolute atomic E-state index is 11.5. The van der Waals surface area contributed by atoms with Crippen LogP contribution in [0.1, 0.15) is 98.3 Å². The van der Waals surface area contributed by atoms with E-state index in [1.165, 1.54) is 51.4 Å². The van der Waals surface area contributed by atoms with Crippen LogP contribution in [0.2, 0.25) is 0 Å². The van der Waals surface area contributed by atoms with Gasteiger partial charge in [0.15, 0.2) is 6.29 Å². The Morgan fingerprint density at radius 2 is 1.41 bits per heavy atom. The average molecular weight is 385 g/mol. The third-order valence-corrected chi connectivity index (χ3v) is 4.79. The molecule has 1 atom stereocenters. The van der Waals surface area contributed by atoms with Crippen molar-refractivity contribution >= 4 is 5.97 Å². The van der Waals surface area contributed by atoms with Gasteiger partial charge in [0.05, 0.1) is 6.61 Å². The molecule has 1 unspecified atom stereocenters. The highest BCUT2D eigenvalue weighted by Crippen LogP contribution is 2.23. The third-order valence-electron chi connectivity index (χ3n) is 4.79. The Hall–Kier alpha value is -0.870.